The average Bonchev–Trinajstić information content (AvgIpc) is 3.64. The van der Waals surface area contributed by atoms with E-state index in [-0.39, 0.29) is 12.8 Å². The molecule has 2 heterocycles. The lowest BCUT2D eigenvalue weighted by molar-refractivity contribution is -0.263. The molecule has 0 amide bonds. The molecule has 202 valence electrons. The zero-order valence-electron chi connectivity index (χ0n) is 21.8. The van der Waals surface area contributed by atoms with E-state index in [0.717, 1.165) is 11.1 Å². The van der Waals surface area contributed by atoms with Crippen LogP contribution < -0.4 is 0 Å². The summed E-state index contributed by atoms with van der Waals surface area (Å²) in [6, 6.07) is 36.6. The monoisotopic (exact) mass is 534 g/mol. The third kappa shape index (κ3) is 3.05. The minimum absolute atomic E-state index is 0.0269. The number of aliphatic hydroxyl groups is 3. The maximum absolute atomic E-state index is 14.2. The third-order valence-corrected chi connectivity index (χ3v) is 9.22. The number of ether oxygens (including phenoxy) is 2. The highest BCUT2D eigenvalue weighted by Gasteiger charge is 2.99. The van der Waals surface area contributed by atoms with E-state index in [4.69, 9.17) is 9.47 Å². The number of benzene rings is 4. The molecule has 3 fully saturated rings. The number of aliphatic hydroxyl groups excluding tert-OH is 2. The molecule has 0 radical (unpaired) electrons. The molecule has 0 unspecified atom stereocenters. The van der Waals surface area contributed by atoms with Crippen LogP contribution in [0, 0.1) is 0 Å². The zero-order valence-corrected chi connectivity index (χ0v) is 21.8. The lowest BCUT2D eigenvalue weighted by atomic mass is 9.51. The average molecular weight is 535 g/mol. The van der Waals surface area contributed by atoms with Gasteiger partial charge < -0.3 is 24.8 Å². The molecule has 4 aromatic carbocycles. The Bertz CT molecular complexity index is 1530. The molecule has 1 saturated carbocycles. The second-order valence-electron chi connectivity index (χ2n) is 11.1. The largest absolute Gasteiger partial charge is 0.450 e. The Labute approximate surface area is 232 Å². The van der Waals surface area contributed by atoms with Crippen LogP contribution in [0.1, 0.15) is 40.7 Å². The summed E-state index contributed by atoms with van der Waals surface area (Å²) in [4.78, 5) is 14.2. The van der Waals surface area contributed by atoms with Crippen molar-refractivity contribution in [2.75, 3.05) is 0 Å². The highest BCUT2D eigenvalue weighted by molar-refractivity contribution is 5.92. The molecule has 2 aliphatic heterocycles. The molecule has 1 aliphatic carbocycles. The van der Waals surface area contributed by atoms with Crippen molar-refractivity contribution in [3.8, 4) is 0 Å². The Kier molecular flexibility index (Phi) is 5.57. The maximum atomic E-state index is 14.2. The Balaban J connectivity index is 1.53. The number of epoxide rings is 1. The quantitative estimate of drug-likeness (QED) is 0.253. The summed E-state index contributed by atoms with van der Waals surface area (Å²) in [5, 5.41) is 37.1. The van der Waals surface area contributed by atoms with E-state index in [2.05, 4.69) is 0 Å². The first-order chi connectivity index (χ1) is 19.4. The summed E-state index contributed by atoms with van der Waals surface area (Å²) in [6.45, 7) is 0. The van der Waals surface area contributed by atoms with Crippen molar-refractivity contribution in [3.63, 3.8) is 0 Å². The van der Waals surface area contributed by atoms with Gasteiger partial charge in [0.25, 0.3) is 0 Å². The fraction of sp³-hybridized carbons (Fsp3) is 0.265. The van der Waals surface area contributed by atoms with Gasteiger partial charge in [0.2, 0.25) is 5.60 Å². The molecule has 1 spiro atoms. The molecular formula is C34H30O6. The van der Waals surface area contributed by atoms with E-state index in [1.54, 1.807) is 36.4 Å². The zero-order chi connectivity index (χ0) is 27.6. The van der Waals surface area contributed by atoms with Gasteiger partial charge in [-0.3, -0.25) is 0 Å². The maximum Gasteiger partial charge on any atom is 0.342 e. The summed E-state index contributed by atoms with van der Waals surface area (Å²) >= 11 is 0. The van der Waals surface area contributed by atoms with Crippen molar-refractivity contribution in [3.05, 3.63) is 144 Å². The van der Waals surface area contributed by atoms with Gasteiger partial charge >= 0.3 is 5.97 Å². The van der Waals surface area contributed by atoms with E-state index in [9.17, 15) is 20.1 Å². The number of hydrogen-bond acceptors (Lipinski definition) is 6. The smallest absolute Gasteiger partial charge is 0.342 e. The molecule has 6 heteroatoms. The van der Waals surface area contributed by atoms with Crippen LogP contribution in [0.5, 0.6) is 0 Å². The first-order valence-corrected chi connectivity index (χ1v) is 13.6. The highest BCUT2D eigenvalue weighted by atomic mass is 16.7. The van der Waals surface area contributed by atoms with Crippen LogP contribution in [0.4, 0.5) is 0 Å². The van der Waals surface area contributed by atoms with E-state index < -0.39 is 46.5 Å². The topological polar surface area (TPSA) is 99.5 Å². The Hall–Kier alpha value is -3.81. The van der Waals surface area contributed by atoms with Crippen LogP contribution in [0.3, 0.4) is 0 Å². The number of carbonyl (C=O) groups excluding carboxylic acids is 1. The number of hydrogen-bond donors (Lipinski definition) is 3. The summed E-state index contributed by atoms with van der Waals surface area (Å²) in [5.41, 5.74) is -4.78. The first-order valence-electron chi connectivity index (χ1n) is 13.6. The molecule has 2 saturated heterocycles. The normalized spacial score (nSPS) is 34.8. The highest BCUT2D eigenvalue weighted by Crippen LogP contribution is 2.78. The van der Waals surface area contributed by atoms with Gasteiger partial charge in [0.15, 0.2) is 16.8 Å². The third-order valence-electron chi connectivity index (χ3n) is 9.22. The van der Waals surface area contributed by atoms with E-state index >= 15 is 0 Å². The summed E-state index contributed by atoms with van der Waals surface area (Å²) in [6.07, 6.45) is -2.56. The van der Waals surface area contributed by atoms with Crippen LogP contribution in [0.2, 0.25) is 0 Å². The van der Waals surface area contributed by atoms with E-state index in [1.807, 2.05) is 84.9 Å². The fourth-order valence-corrected chi connectivity index (χ4v) is 7.52. The van der Waals surface area contributed by atoms with Crippen LogP contribution in [0.15, 0.2) is 121 Å². The molecular weight excluding hydrogens is 504 g/mol. The van der Waals surface area contributed by atoms with Gasteiger partial charge in [0.05, 0.1) is 6.10 Å². The van der Waals surface area contributed by atoms with Crippen molar-refractivity contribution >= 4 is 5.97 Å². The van der Waals surface area contributed by atoms with Gasteiger partial charge in [0, 0.05) is 12.3 Å². The van der Waals surface area contributed by atoms with Crippen LogP contribution in [-0.4, -0.2) is 44.2 Å². The molecule has 6 nitrogen and oxygen atoms in total. The number of rotatable bonds is 6. The summed E-state index contributed by atoms with van der Waals surface area (Å²) in [5.74, 6) is -1.34. The lowest BCUT2D eigenvalue weighted by Gasteiger charge is -2.56. The van der Waals surface area contributed by atoms with Crippen molar-refractivity contribution in [2.24, 2.45) is 0 Å². The second kappa shape index (κ2) is 8.85. The first kappa shape index (κ1) is 25.2. The number of esters is 1. The fourth-order valence-electron chi connectivity index (χ4n) is 7.52. The van der Waals surface area contributed by atoms with Crippen LogP contribution >= 0.6 is 0 Å². The predicted molar refractivity (Wildman–Crippen MR) is 147 cm³/mol. The standard InChI is InChI=1S/C34H30O6/c35-28-21-27(24-15-7-2-8-16-24)33(29(36)25-17-9-3-10-18-25)34(32(28,38)26-19-11-4-12-20-26)31(40-34,30(37)39-33)22-23-13-5-1-6-14-23/h1-20,27-29,35-36,38H,21-22H2/t27-,28+,29-,31-,32-,33+,34+/m1/s1. The van der Waals surface area contributed by atoms with Gasteiger partial charge in [-0.05, 0) is 28.7 Å². The second-order valence-corrected chi connectivity index (χ2v) is 11.1. The van der Waals surface area contributed by atoms with E-state index in [1.165, 1.54) is 0 Å². The van der Waals surface area contributed by atoms with Gasteiger partial charge in [-0.15, -0.1) is 0 Å². The molecule has 0 aromatic heterocycles. The van der Waals surface area contributed by atoms with Gasteiger partial charge in [-0.25, -0.2) is 4.79 Å². The van der Waals surface area contributed by atoms with Crippen molar-refractivity contribution in [1.29, 1.82) is 0 Å². The van der Waals surface area contributed by atoms with Crippen molar-refractivity contribution in [2.45, 2.75) is 53.4 Å². The number of carbonyl (C=O) groups is 1. The Morgan fingerprint density at radius 3 is 1.98 bits per heavy atom. The lowest BCUT2D eigenvalue weighted by Crippen LogP contribution is -2.71. The molecule has 3 N–H and O–H groups in total. The Morgan fingerprint density at radius 1 is 0.800 bits per heavy atom. The van der Waals surface area contributed by atoms with Crippen molar-refractivity contribution in [1.82, 2.24) is 0 Å². The molecule has 7 atom stereocenters. The molecule has 4 aromatic rings. The molecule has 40 heavy (non-hydrogen) atoms. The molecule has 7 rings (SSSR count). The van der Waals surface area contributed by atoms with Gasteiger partial charge in [-0.1, -0.05) is 121 Å². The van der Waals surface area contributed by atoms with Crippen LogP contribution in [0.25, 0.3) is 0 Å². The van der Waals surface area contributed by atoms with Crippen molar-refractivity contribution < 1.29 is 29.6 Å². The Morgan fingerprint density at radius 2 is 1.35 bits per heavy atom. The van der Waals surface area contributed by atoms with Gasteiger partial charge in [-0.2, -0.15) is 0 Å². The summed E-state index contributed by atoms with van der Waals surface area (Å²) < 4.78 is 13.1. The van der Waals surface area contributed by atoms with Crippen LogP contribution in [-0.2, 0) is 26.3 Å². The summed E-state index contributed by atoms with van der Waals surface area (Å²) in [7, 11) is 0. The molecule has 3 aliphatic rings. The SMILES string of the molecule is O=C1O[C@]2([C@H](O)c3ccccc3)[C@@H](c3ccccc3)C[C@H](O)[C@](O)(c3ccccc3)[C@]23O[C@]13Cc1ccccc1. The molecule has 0 bridgehead atoms. The van der Waals surface area contributed by atoms with Gasteiger partial charge in [0.1, 0.15) is 6.10 Å². The minimum Gasteiger partial charge on any atom is -0.450 e. The predicted octanol–water partition coefficient (Wildman–Crippen LogP) is 4.20. The van der Waals surface area contributed by atoms with E-state index in [0.29, 0.717) is 11.1 Å². The minimum atomic E-state index is -2.07.